The van der Waals surface area contributed by atoms with Gasteiger partial charge in [0.25, 0.3) is 0 Å². The van der Waals surface area contributed by atoms with Crippen molar-refractivity contribution in [3.05, 3.63) is 35.3 Å². The van der Waals surface area contributed by atoms with Crippen LogP contribution in [0, 0.1) is 11.8 Å². The number of allylic oxidation sites excluding steroid dienone is 4. The summed E-state index contributed by atoms with van der Waals surface area (Å²) in [4.78, 5) is 0. The zero-order valence-corrected chi connectivity index (χ0v) is 11.5. The fourth-order valence-electron chi connectivity index (χ4n) is 3.91. The Balaban J connectivity index is 2.04. The first kappa shape index (κ1) is 11.9. The van der Waals surface area contributed by atoms with Gasteiger partial charge in [-0.1, -0.05) is 26.3 Å². The van der Waals surface area contributed by atoms with Crippen LogP contribution in [0.5, 0.6) is 0 Å². The molecule has 3 aliphatic rings. The second-order valence-corrected chi connectivity index (χ2v) is 5.88. The summed E-state index contributed by atoms with van der Waals surface area (Å²) in [6.45, 7) is 4.68. The molecule has 2 aliphatic carbocycles. The summed E-state index contributed by atoms with van der Waals surface area (Å²) in [6.07, 6.45) is 11.2. The standard InChI is InChI=1S/C16H22O2/c1-11-5-4-6-12(2)16(11)13-7-8-14(17-3)10-15(9-13)18-16/h7-8,10-12H,4-6,9H2,1-3H3. The molecule has 2 nitrogen and oxygen atoms in total. The zero-order chi connectivity index (χ0) is 12.8. The number of hydrogen-bond donors (Lipinski definition) is 0. The van der Waals surface area contributed by atoms with Gasteiger partial charge in [-0.15, -0.1) is 0 Å². The van der Waals surface area contributed by atoms with Crippen molar-refractivity contribution in [1.82, 2.24) is 0 Å². The summed E-state index contributed by atoms with van der Waals surface area (Å²) in [5.74, 6) is 3.19. The molecule has 1 saturated heterocycles. The average molecular weight is 246 g/mol. The summed E-state index contributed by atoms with van der Waals surface area (Å²) < 4.78 is 11.7. The fourth-order valence-corrected chi connectivity index (χ4v) is 3.91. The van der Waals surface area contributed by atoms with Gasteiger partial charge in [-0.25, -0.2) is 0 Å². The minimum absolute atomic E-state index is 0.0418. The minimum Gasteiger partial charge on any atom is -0.497 e. The highest BCUT2D eigenvalue weighted by atomic mass is 16.5. The topological polar surface area (TPSA) is 18.5 Å². The normalized spacial score (nSPS) is 38.5. The highest BCUT2D eigenvalue weighted by molar-refractivity contribution is 5.40. The molecular weight excluding hydrogens is 224 g/mol. The van der Waals surface area contributed by atoms with Crippen LogP contribution in [0.25, 0.3) is 0 Å². The van der Waals surface area contributed by atoms with E-state index in [2.05, 4.69) is 26.0 Å². The molecule has 2 bridgehead atoms. The van der Waals surface area contributed by atoms with Gasteiger partial charge in [0, 0.05) is 24.3 Å². The molecule has 0 N–H and O–H groups in total. The third-order valence-electron chi connectivity index (χ3n) is 4.89. The predicted octanol–water partition coefficient (Wildman–Crippen LogP) is 3.96. The van der Waals surface area contributed by atoms with Gasteiger partial charge in [-0.3, -0.25) is 0 Å². The second kappa shape index (κ2) is 4.18. The van der Waals surface area contributed by atoms with Gasteiger partial charge in [0.2, 0.25) is 0 Å². The molecule has 0 aromatic heterocycles. The van der Waals surface area contributed by atoms with E-state index in [-0.39, 0.29) is 5.60 Å². The molecule has 0 aromatic rings. The first-order valence-electron chi connectivity index (χ1n) is 7.01. The molecule has 0 radical (unpaired) electrons. The summed E-state index contributed by atoms with van der Waals surface area (Å²) in [7, 11) is 1.71. The molecular formula is C16H22O2. The smallest absolute Gasteiger partial charge is 0.135 e. The molecule has 1 spiro atoms. The lowest BCUT2D eigenvalue weighted by molar-refractivity contribution is -0.0524. The highest BCUT2D eigenvalue weighted by Gasteiger charge is 2.52. The van der Waals surface area contributed by atoms with E-state index in [1.54, 1.807) is 7.11 Å². The summed E-state index contributed by atoms with van der Waals surface area (Å²) in [5.41, 5.74) is 1.40. The Morgan fingerprint density at radius 2 is 1.94 bits per heavy atom. The highest BCUT2D eigenvalue weighted by Crippen LogP contribution is 2.53. The Kier molecular flexibility index (Phi) is 2.76. The van der Waals surface area contributed by atoms with E-state index in [1.807, 2.05) is 6.08 Å². The average Bonchev–Trinajstić information content (AvgIpc) is 2.56. The van der Waals surface area contributed by atoms with Crippen LogP contribution in [-0.4, -0.2) is 12.7 Å². The van der Waals surface area contributed by atoms with Crippen molar-refractivity contribution in [1.29, 1.82) is 0 Å². The summed E-state index contributed by atoms with van der Waals surface area (Å²) in [6, 6.07) is 0. The zero-order valence-electron chi connectivity index (χ0n) is 11.5. The van der Waals surface area contributed by atoms with Crippen LogP contribution in [0.15, 0.2) is 35.3 Å². The number of fused-ring (bicyclic) bond motifs is 3. The molecule has 18 heavy (non-hydrogen) atoms. The van der Waals surface area contributed by atoms with E-state index < -0.39 is 0 Å². The Labute approximate surface area is 109 Å². The van der Waals surface area contributed by atoms with E-state index >= 15 is 0 Å². The van der Waals surface area contributed by atoms with Crippen LogP contribution in [0.3, 0.4) is 0 Å². The van der Waals surface area contributed by atoms with Gasteiger partial charge >= 0.3 is 0 Å². The molecule has 0 amide bonds. The van der Waals surface area contributed by atoms with Crippen molar-refractivity contribution in [2.45, 2.75) is 45.1 Å². The third-order valence-corrected chi connectivity index (χ3v) is 4.89. The Morgan fingerprint density at radius 1 is 1.22 bits per heavy atom. The van der Waals surface area contributed by atoms with Crippen molar-refractivity contribution in [3.8, 4) is 0 Å². The van der Waals surface area contributed by atoms with E-state index in [4.69, 9.17) is 9.47 Å². The van der Waals surface area contributed by atoms with Gasteiger partial charge in [-0.2, -0.15) is 0 Å². The lowest BCUT2D eigenvalue weighted by Gasteiger charge is -2.45. The maximum atomic E-state index is 6.42. The van der Waals surface area contributed by atoms with Crippen LogP contribution >= 0.6 is 0 Å². The summed E-state index contributed by atoms with van der Waals surface area (Å²) >= 11 is 0. The molecule has 1 aliphatic heterocycles. The van der Waals surface area contributed by atoms with Crippen LogP contribution in [0.1, 0.15) is 39.5 Å². The molecule has 1 heterocycles. The van der Waals surface area contributed by atoms with Crippen LogP contribution in [0.2, 0.25) is 0 Å². The number of methoxy groups -OCH3 is 1. The second-order valence-electron chi connectivity index (χ2n) is 5.88. The lowest BCUT2D eigenvalue weighted by Crippen LogP contribution is -2.46. The summed E-state index contributed by atoms with van der Waals surface area (Å²) in [5, 5.41) is 0. The maximum Gasteiger partial charge on any atom is 0.135 e. The first-order valence-corrected chi connectivity index (χ1v) is 7.01. The molecule has 98 valence electrons. The first-order chi connectivity index (χ1) is 8.66. The quantitative estimate of drug-likeness (QED) is 0.697. The third kappa shape index (κ3) is 1.54. The van der Waals surface area contributed by atoms with Crippen LogP contribution in [0.4, 0.5) is 0 Å². The monoisotopic (exact) mass is 246 g/mol. The largest absolute Gasteiger partial charge is 0.497 e. The van der Waals surface area contributed by atoms with E-state index in [9.17, 15) is 0 Å². The predicted molar refractivity (Wildman–Crippen MR) is 71.9 cm³/mol. The molecule has 3 rings (SSSR count). The Bertz CT molecular complexity index is 429. The molecule has 2 fully saturated rings. The van der Waals surface area contributed by atoms with E-state index in [1.165, 1.54) is 24.8 Å². The Hall–Kier alpha value is -1.18. The van der Waals surface area contributed by atoms with Crippen molar-refractivity contribution in [3.63, 3.8) is 0 Å². The van der Waals surface area contributed by atoms with Gasteiger partial charge in [0.1, 0.15) is 17.1 Å². The molecule has 0 aromatic carbocycles. The minimum atomic E-state index is -0.0418. The van der Waals surface area contributed by atoms with Crippen LogP contribution in [-0.2, 0) is 9.47 Å². The van der Waals surface area contributed by atoms with Gasteiger partial charge in [-0.05, 0) is 24.5 Å². The number of hydrogen-bond acceptors (Lipinski definition) is 2. The molecule has 2 unspecified atom stereocenters. The van der Waals surface area contributed by atoms with Crippen molar-refractivity contribution >= 4 is 0 Å². The van der Waals surface area contributed by atoms with Gasteiger partial charge in [0.15, 0.2) is 0 Å². The van der Waals surface area contributed by atoms with E-state index in [0.29, 0.717) is 11.8 Å². The maximum absolute atomic E-state index is 6.42. The fraction of sp³-hybridized carbons (Fsp3) is 0.625. The van der Waals surface area contributed by atoms with Gasteiger partial charge in [0.05, 0.1) is 7.11 Å². The Morgan fingerprint density at radius 3 is 2.61 bits per heavy atom. The van der Waals surface area contributed by atoms with Crippen molar-refractivity contribution < 1.29 is 9.47 Å². The van der Waals surface area contributed by atoms with Gasteiger partial charge < -0.3 is 9.47 Å². The molecule has 1 saturated carbocycles. The van der Waals surface area contributed by atoms with Crippen LogP contribution < -0.4 is 0 Å². The molecule has 2 heteroatoms. The van der Waals surface area contributed by atoms with Crippen molar-refractivity contribution in [2.24, 2.45) is 11.8 Å². The number of rotatable bonds is 1. The lowest BCUT2D eigenvalue weighted by atomic mass is 9.66. The van der Waals surface area contributed by atoms with E-state index in [0.717, 1.165) is 17.9 Å². The SMILES string of the molecule is COC1=CC=C2CC(=C1)OC21C(C)CCCC1C. The van der Waals surface area contributed by atoms with Crippen molar-refractivity contribution in [2.75, 3.05) is 7.11 Å². The molecule has 2 atom stereocenters. The number of ether oxygens (including phenoxy) is 2.